The second-order valence-electron chi connectivity index (χ2n) is 2.99. The van der Waals surface area contributed by atoms with Crippen LogP contribution in [0.25, 0.3) is 0 Å². The van der Waals surface area contributed by atoms with E-state index in [4.69, 9.17) is 0 Å². The maximum atomic E-state index is 11.4. The third kappa shape index (κ3) is 4.41. The summed E-state index contributed by atoms with van der Waals surface area (Å²) in [6.07, 6.45) is 3.06. The van der Waals surface area contributed by atoms with E-state index in [0.717, 1.165) is 0 Å². The van der Waals surface area contributed by atoms with E-state index in [0.29, 0.717) is 5.56 Å². The third-order valence-corrected chi connectivity index (χ3v) is 2.86. The monoisotopic (exact) mass is 247 g/mol. The first-order chi connectivity index (χ1) is 7.53. The number of aromatic nitrogens is 2. The van der Waals surface area contributed by atoms with E-state index in [1.807, 2.05) is 0 Å². The summed E-state index contributed by atoms with van der Waals surface area (Å²) in [7, 11) is -3.65. The van der Waals surface area contributed by atoms with Crippen LogP contribution in [0, 0.1) is 0 Å². The fourth-order valence-electron chi connectivity index (χ4n) is 0.976. The zero-order valence-corrected chi connectivity index (χ0v) is 9.58. The maximum Gasteiger partial charge on any atom is 0.322 e. The van der Waals surface area contributed by atoms with Gasteiger partial charge in [0.05, 0.1) is 12.8 Å². The number of H-pyrrole nitrogens is 1. The molecule has 7 nitrogen and oxygen atoms in total. The van der Waals surface area contributed by atoms with Gasteiger partial charge in [-0.15, -0.1) is 0 Å². The number of nitrogens with zero attached hydrogens (tertiary/aromatic N) is 1. The summed E-state index contributed by atoms with van der Waals surface area (Å²) in [6.45, 7) is 1.87. The molecule has 0 amide bonds. The average Bonchev–Trinajstić information content (AvgIpc) is 2.66. The summed E-state index contributed by atoms with van der Waals surface area (Å²) in [6, 6.07) is 0. The van der Waals surface area contributed by atoms with Gasteiger partial charge >= 0.3 is 5.97 Å². The van der Waals surface area contributed by atoms with Crippen LogP contribution in [-0.2, 0) is 26.1 Å². The van der Waals surface area contributed by atoms with Gasteiger partial charge in [-0.05, 0) is 6.92 Å². The molecule has 1 rings (SSSR count). The molecule has 2 N–H and O–H groups in total. The van der Waals surface area contributed by atoms with Crippen molar-refractivity contribution >= 4 is 16.0 Å². The van der Waals surface area contributed by atoms with Crippen LogP contribution in [0.1, 0.15) is 12.5 Å². The molecule has 0 saturated heterocycles. The van der Waals surface area contributed by atoms with E-state index < -0.39 is 21.7 Å². The molecule has 0 atom stereocenters. The lowest BCUT2D eigenvalue weighted by Gasteiger charge is -2.04. The Labute approximate surface area is 93.2 Å². The Bertz CT molecular complexity index is 426. The average molecular weight is 247 g/mol. The lowest BCUT2D eigenvalue weighted by Crippen LogP contribution is -2.30. The molecule has 0 saturated carbocycles. The molecular formula is C8H13N3O4S. The van der Waals surface area contributed by atoms with Crippen molar-refractivity contribution in [2.24, 2.45) is 0 Å². The first kappa shape index (κ1) is 12.7. The number of carbonyl (C=O) groups excluding carboxylic acids is 1. The molecule has 0 aliphatic carbocycles. The van der Waals surface area contributed by atoms with Crippen molar-refractivity contribution in [3.8, 4) is 0 Å². The lowest BCUT2D eigenvalue weighted by molar-refractivity contribution is -0.139. The largest absolute Gasteiger partial charge is 0.465 e. The Morgan fingerprint density at radius 1 is 1.62 bits per heavy atom. The van der Waals surface area contributed by atoms with Gasteiger partial charge in [-0.3, -0.25) is 9.89 Å². The first-order valence-corrected chi connectivity index (χ1v) is 6.29. The minimum Gasteiger partial charge on any atom is -0.465 e. The maximum absolute atomic E-state index is 11.4. The van der Waals surface area contributed by atoms with Crippen molar-refractivity contribution in [3.05, 3.63) is 18.0 Å². The van der Waals surface area contributed by atoms with Gasteiger partial charge in [0.1, 0.15) is 0 Å². The van der Waals surface area contributed by atoms with Crippen LogP contribution < -0.4 is 4.72 Å². The van der Waals surface area contributed by atoms with Crippen molar-refractivity contribution < 1.29 is 17.9 Å². The van der Waals surface area contributed by atoms with Gasteiger partial charge in [0.25, 0.3) is 0 Å². The van der Waals surface area contributed by atoms with Crippen LogP contribution in [0.2, 0.25) is 0 Å². The van der Waals surface area contributed by atoms with E-state index in [-0.39, 0.29) is 13.2 Å². The SMILES string of the molecule is CCOC(=O)CS(=O)(=O)NCc1cn[nH]c1. The minimum atomic E-state index is -3.65. The van der Waals surface area contributed by atoms with Crippen LogP contribution >= 0.6 is 0 Å². The number of ether oxygens (including phenoxy) is 1. The highest BCUT2D eigenvalue weighted by atomic mass is 32.2. The van der Waals surface area contributed by atoms with Crippen molar-refractivity contribution in [1.29, 1.82) is 0 Å². The topological polar surface area (TPSA) is 101 Å². The Morgan fingerprint density at radius 3 is 2.94 bits per heavy atom. The standard InChI is InChI=1S/C8H13N3O4S/c1-2-15-8(12)6-16(13,14)11-5-7-3-9-10-4-7/h3-4,11H,2,5-6H2,1H3,(H,9,10). The second-order valence-corrected chi connectivity index (χ2v) is 4.80. The number of esters is 1. The highest BCUT2D eigenvalue weighted by Gasteiger charge is 2.16. The number of carbonyl (C=O) groups is 1. The molecular weight excluding hydrogens is 234 g/mol. The van der Waals surface area contributed by atoms with Gasteiger partial charge in [0, 0.05) is 18.3 Å². The number of nitrogens with one attached hydrogen (secondary N) is 2. The minimum absolute atomic E-state index is 0.0955. The highest BCUT2D eigenvalue weighted by molar-refractivity contribution is 7.90. The molecule has 0 bridgehead atoms. The molecule has 1 aromatic heterocycles. The second kappa shape index (κ2) is 5.61. The molecule has 1 heterocycles. The fourth-order valence-corrected chi connectivity index (χ4v) is 1.86. The van der Waals surface area contributed by atoms with Gasteiger partial charge in [-0.1, -0.05) is 0 Å². The normalized spacial score (nSPS) is 11.3. The first-order valence-electron chi connectivity index (χ1n) is 4.64. The van der Waals surface area contributed by atoms with Crippen molar-refractivity contribution in [2.45, 2.75) is 13.5 Å². The van der Waals surface area contributed by atoms with E-state index in [9.17, 15) is 13.2 Å². The van der Waals surface area contributed by atoms with Crippen LogP contribution in [-0.4, -0.2) is 36.9 Å². The molecule has 0 radical (unpaired) electrons. The molecule has 0 aliphatic heterocycles. The van der Waals surface area contributed by atoms with Crippen molar-refractivity contribution in [3.63, 3.8) is 0 Å². The quantitative estimate of drug-likeness (QED) is 0.653. The number of rotatable bonds is 6. The summed E-state index contributed by atoms with van der Waals surface area (Å²) in [5.41, 5.74) is 0.687. The Hall–Kier alpha value is -1.41. The molecule has 0 spiro atoms. The summed E-state index contributed by atoms with van der Waals surface area (Å²) < 4.78 is 29.5. The van der Waals surface area contributed by atoms with Gasteiger partial charge in [0.2, 0.25) is 10.0 Å². The Kier molecular flexibility index (Phi) is 4.44. The molecule has 90 valence electrons. The molecule has 0 aliphatic rings. The summed E-state index contributed by atoms with van der Waals surface area (Å²) >= 11 is 0. The van der Waals surface area contributed by atoms with E-state index in [1.165, 1.54) is 6.20 Å². The third-order valence-electron chi connectivity index (χ3n) is 1.66. The van der Waals surface area contributed by atoms with Crippen LogP contribution in [0.15, 0.2) is 12.4 Å². The fraction of sp³-hybridized carbons (Fsp3) is 0.500. The molecule has 8 heteroatoms. The zero-order chi connectivity index (χ0) is 12.0. The van der Waals surface area contributed by atoms with Gasteiger partial charge < -0.3 is 4.74 Å². The van der Waals surface area contributed by atoms with Crippen molar-refractivity contribution in [2.75, 3.05) is 12.4 Å². The van der Waals surface area contributed by atoms with Crippen LogP contribution in [0.3, 0.4) is 0 Å². The summed E-state index contributed by atoms with van der Waals surface area (Å²) in [5.74, 6) is -1.43. The molecule has 0 fully saturated rings. The van der Waals surface area contributed by atoms with Gasteiger partial charge in [0.15, 0.2) is 5.75 Å². The number of aromatic amines is 1. The number of hydrogen-bond donors (Lipinski definition) is 2. The molecule has 16 heavy (non-hydrogen) atoms. The van der Waals surface area contributed by atoms with Crippen LogP contribution in [0.5, 0.6) is 0 Å². The van der Waals surface area contributed by atoms with Gasteiger partial charge in [-0.25, -0.2) is 13.1 Å². The highest BCUT2D eigenvalue weighted by Crippen LogP contribution is 1.95. The van der Waals surface area contributed by atoms with Gasteiger partial charge in [-0.2, -0.15) is 5.10 Å². The molecule has 0 aromatic carbocycles. The molecule has 1 aromatic rings. The smallest absolute Gasteiger partial charge is 0.322 e. The van der Waals surface area contributed by atoms with E-state index in [2.05, 4.69) is 19.7 Å². The van der Waals surface area contributed by atoms with Crippen molar-refractivity contribution in [1.82, 2.24) is 14.9 Å². The lowest BCUT2D eigenvalue weighted by atomic mass is 10.4. The summed E-state index contributed by atoms with van der Waals surface area (Å²) in [5, 5.41) is 6.21. The predicted octanol–water partition coefficient (Wildman–Crippen LogP) is -0.608. The Balaban J connectivity index is 2.43. The molecule has 0 unspecified atom stereocenters. The summed E-state index contributed by atoms with van der Waals surface area (Å²) in [4.78, 5) is 11.0. The van der Waals surface area contributed by atoms with E-state index >= 15 is 0 Å². The predicted molar refractivity (Wildman–Crippen MR) is 55.8 cm³/mol. The van der Waals surface area contributed by atoms with E-state index in [1.54, 1.807) is 13.1 Å². The van der Waals surface area contributed by atoms with Crippen LogP contribution in [0.4, 0.5) is 0 Å². The Morgan fingerprint density at radius 2 is 2.38 bits per heavy atom. The number of sulfonamides is 1. The number of hydrogen-bond acceptors (Lipinski definition) is 5. The zero-order valence-electron chi connectivity index (χ0n) is 8.76.